The number of carbonyl (C=O) groups excluding carboxylic acids is 1. The van der Waals surface area contributed by atoms with Crippen molar-refractivity contribution in [3.8, 4) is 0 Å². The monoisotopic (exact) mass is 340 g/mol. The molecular formula is C19H20N2O4. The molecule has 0 spiro atoms. The summed E-state index contributed by atoms with van der Waals surface area (Å²) in [5.41, 5.74) is 2.99. The van der Waals surface area contributed by atoms with Crippen LogP contribution >= 0.6 is 0 Å². The van der Waals surface area contributed by atoms with E-state index in [2.05, 4.69) is 24.2 Å². The smallest absolute Gasteiger partial charge is 0.303 e. The first-order valence-electron chi connectivity index (χ1n) is 8.32. The van der Waals surface area contributed by atoms with E-state index in [4.69, 9.17) is 9.52 Å². The Labute approximate surface area is 145 Å². The van der Waals surface area contributed by atoms with Crippen LogP contribution in [0.5, 0.6) is 0 Å². The Hall–Kier alpha value is -2.89. The zero-order chi connectivity index (χ0) is 17.8. The van der Waals surface area contributed by atoms with Gasteiger partial charge in [0.05, 0.1) is 18.4 Å². The maximum atomic E-state index is 12.4. The number of aliphatic carboxylic acids is 1. The maximum absolute atomic E-state index is 12.4. The maximum Gasteiger partial charge on any atom is 0.303 e. The molecule has 1 N–H and O–H groups in total. The van der Waals surface area contributed by atoms with Crippen LogP contribution in [0.4, 0.5) is 0 Å². The molecule has 130 valence electrons. The zero-order valence-electron chi connectivity index (χ0n) is 14.0. The van der Waals surface area contributed by atoms with Gasteiger partial charge in [-0.05, 0) is 29.7 Å². The molecule has 0 saturated carbocycles. The number of hydrazone groups is 1. The highest BCUT2D eigenvalue weighted by atomic mass is 16.4. The average molecular weight is 340 g/mol. The molecule has 2 aromatic rings. The molecular weight excluding hydrogens is 320 g/mol. The number of carboxylic acids is 1. The van der Waals surface area contributed by atoms with Gasteiger partial charge in [0.2, 0.25) is 5.91 Å². The Bertz CT molecular complexity index is 778. The first-order valence-corrected chi connectivity index (χ1v) is 8.32. The molecule has 0 unspecified atom stereocenters. The van der Waals surface area contributed by atoms with Crippen LogP contribution in [0, 0.1) is 0 Å². The number of carboxylic acid groups (broad SMARTS) is 1. The van der Waals surface area contributed by atoms with E-state index in [0.29, 0.717) is 12.2 Å². The van der Waals surface area contributed by atoms with Gasteiger partial charge in [-0.25, -0.2) is 5.01 Å². The minimum atomic E-state index is -0.999. The summed E-state index contributed by atoms with van der Waals surface area (Å²) in [6.07, 6.45) is 2.76. The van der Waals surface area contributed by atoms with Gasteiger partial charge in [0.15, 0.2) is 0 Å². The fourth-order valence-electron chi connectivity index (χ4n) is 2.88. The number of rotatable bonds is 6. The molecule has 1 atom stereocenters. The molecule has 6 nitrogen and oxygen atoms in total. The van der Waals surface area contributed by atoms with E-state index < -0.39 is 5.97 Å². The molecule has 0 fully saturated rings. The molecule has 0 bridgehead atoms. The quantitative estimate of drug-likeness (QED) is 0.874. The molecule has 1 amide bonds. The minimum absolute atomic E-state index is 0.0852. The molecule has 1 aromatic heterocycles. The Kier molecular flexibility index (Phi) is 4.97. The highest BCUT2D eigenvalue weighted by Crippen LogP contribution is 2.33. The largest absolute Gasteiger partial charge is 0.481 e. The Morgan fingerprint density at radius 3 is 2.60 bits per heavy atom. The second-order valence-electron chi connectivity index (χ2n) is 5.96. The van der Waals surface area contributed by atoms with E-state index in [1.807, 2.05) is 12.1 Å². The third kappa shape index (κ3) is 3.79. The van der Waals surface area contributed by atoms with Crippen molar-refractivity contribution in [1.82, 2.24) is 5.01 Å². The van der Waals surface area contributed by atoms with Crippen LogP contribution in [0.15, 0.2) is 52.2 Å². The van der Waals surface area contributed by atoms with Crippen LogP contribution in [-0.2, 0) is 16.0 Å². The number of carbonyl (C=O) groups is 2. The fourth-order valence-corrected chi connectivity index (χ4v) is 2.88. The van der Waals surface area contributed by atoms with Crippen LogP contribution in [0.1, 0.15) is 49.1 Å². The summed E-state index contributed by atoms with van der Waals surface area (Å²) in [6.45, 7) is 2.10. The zero-order valence-corrected chi connectivity index (χ0v) is 14.0. The summed E-state index contributed by atoms with van der Waals surface area (Å²) in [6, 6.07) is 11.3. The molecule has 0 radical (unpaired) electrons. The lowest BCUT2D eigenvalue weighted by Gasteiger charge is -2.19. The van der Waals surface area contributed by atoms with Crippen molar-refractivity contribution in [3.63, 3.8) is 0 Å². The minimum Gasteiger partial charge on any atom is -0.481 e. The highest BCUT2D eigenvalue weighted by molar-refractivity contribution is 6.03. The summed E-state index contributed by atoms with van der Waals surface area (Å²) in [5, 5.41) is 14.7. The van der Waals surface area contributed by atoms with E-state index >= 15 is 0 Å². The number of benzene rings is 1. The Balaban J connectivity index is 1.85. The molecule has 6 heteroatoms. The third-order valence-electron chi connectivity index (χ3n) is 4.29. The molecule has 0 aliphatic carbocycles. The first-order chi connectivity index (χ1) is 12.1. The van der Waals surface area contributed by atoms with Gasteiger partial charge in [-0.1, -0.05) is 31.2 Å². The standard InChI is InChI=1S/C19H20N2O4/c1-2-13-5-7-14(8-6-13)15-12-16(17-4-3-11-25-17)21(20-15)18(22)9-10-19(23)24/h3-8,11,16H,2,9-10,12H2,1H3,(H,23,24)/t16-/m0/s1. The molecule has 2 heterocycles. The summed E-state index contributed by atoms with van der Waals surface area (Å²) < 4.78 is 5.46. The summed E-state index contributed by atoms with van der Waals surface area (Å²) >= 11 is 0. The fraction of sp³-hybridized carbons (Fsp3) is 0.316. The van der Waals surface area contributed by atoms with E-state index in [0.717, 1.165) is 17.7 Å². The van der Waals surface area contributed by atoms with Gasteiger partial charge >= 0.3 is 5.97 Å². The number of furan rings is 1. The number of aryl methyl sites for hydroxylation is 1. The predicted molar refractivity (Wildman–Crippen MR) is 92.1 cm³/mol. The van der Waals surface area contributed by atoms with Gasteiger partial charge in [0.1, 0.15) is 11.8 Å². The molecule has 1 aliphatic heterocycles. The highest BCUT2D eigenvalue weighted by Gasteiger charge is 2.34. The normalized spacial score (nSPS) is 16.8. The van der Waals surface area contributed by atoms with Crippen molar-refractivity contribution in [2.45, 2.75) is 38.6 Å². The second-order valence-corrected chi connectivity index (χ2v) is 5.96. The number of amides is 1. The number of hydrogen-bond donors (Lipinski definition) is 1. The summed E-state index contributed by atoms with van der Waals surface area (Å²) in [4.78, 5) is 23.2. The number of nitrogens with zero attached hydrogens (tertiary/aromatic N) is 2. The lowest BCUT2D eigenvalue weighted by Crippen LogP contribution is -2.27. The Morgan fingerprint density at radius 1 is 1.24 bits per heavy atom. The lowest BCUT2D eigenvalue weighted by molar-refractivity contribution is -0.141. The van der Waals surface area contributed by atoms with Crippen LogP contribution < -0.4 is 0 Å². The summed E-state index contributed by atoms with van der Waals surface area (Å²) in [5.74, 6) is -0.668. The molecule has 0 saturated heterocycles. The van der Waals surface area contributed by atoms with Gasteiger partial charge in [-0.3, -0.25) is 9.59 Å². The molecule has 3 rings (SSSR count). The van der Waals surface area contributed by atoms with Crippen molar-refractivity contribution in [3.05, 3.63) is 59.5 Å². The summed E-state index contributed by atoms with van der Waals surface area (Å²) in [7, 11) is 0. The first kappa shape index (κ1) is 17.0. The average Bonchev–Trinajstić information content (AvgIpc) is 3.29. The number of hydrogen-bond acceptors (Lipinski definition) is 4. The van der Waals surface area contributed by atoms with Gasteiger partial charge in [-0.2, -0.15) is 5.10 Å². The van der Waals surface area contributed by atoms with Crippen molar-refractivity contribution in [1.29, 1.82) is 0 Å². The topological polar surface area (TPSA) is 83.1 Å². The lowest BCUT2D eigenvalue weighted by atomic mass is 10.0. The van der Waals surface area contributed by atoms with Gasteiger partial charge in [0, 0.05) is 12.8 Å². The van der Waals surface area contributed by atoms with E-state index in [-0.39, 0.29) is 24.8 Å². The predicted octanol–water partition coefficient (Wildman–Crippen LogP) is 3.38. The Morgan fingerprint density at radius 2 is 2.00 bits per heavy atom. The second kappa shape index (κ2) is 7.34. The van der Waals surface area contributed by atoms with Gasteiger partial charge in [0.25, 0.3) is 0 Å². The SMILES string of the molecule is CCc1ccc(C2=NN(C(=O)CCC(=O)O)[C@H](c3ccco3)C2)cc1. The third-order valence-corrected chi connectivity index (χ3v) is 4.29. The van der Waals surface area contributed by atoms with Crippen LogP contribution in [0.25, 0.3) is 0 Å². The molecule has 25 heavy (non-hydrogen) atoms. The van der Waals surface area contributed by atoms with Crippen molar-refractivity contribution in [2.24, 2.45) is 5.10 Å². The van der Waals surface area contributed by atoms with Crippen molar-refractivity contribution < 1.29 is 19.1 Å². The van der Waals surface area contributed by atoms with E-state index in [9.17, 15) is 9.59 Å². The van der Waals surface area contributed by atoms with Gasteiger partial charge in [-0.15, -0.1) is 0 Å². The van der Waals surface area contributed by atoms with Crippen molar-refractivity contribution >= 4 is 17.6 Å². The van der Waals surface area contributed by atoms with E-state index in [1.54, 1.807) is 18.4 Å². The molecule has 1 aromatic carbocycles. The van der Waals surface area contributed by atoms with Crippen LogP contribution in [-0.4, -0.2) is 27.7 Å². The van der Waals surface area contributed by atoms with E-state index in [1.165, 1.54) is 10.6 Å². The van der Waals surface area contributed by atoms with Crippen LogP contribution in [0.2, 0.25) is 0 Å². The molecule has 1 aliphatic rings. The van der Waals surface area contributed by atoms with Crippen molar-refractivity contribution in [2.75, 3.05) is 0 Å². The van der Waals surface area contributed by atoms with Gasteiger partial charge < -0.3 is 9.52 Å². The van der Waals surface area contributed by atoms with Crippen LogP contribution in [0.3, 0.4) is 0 Å².